The number of hydrogen-bond donors (Lipinski definition) is 2. The van der Waals surface area contributed by atoms with Crippen molar-refractivity contribution >= 4 is 41.0 Å². The van der Waals surface area contributed by atoms with Crippen LogP contribution in [0.3, 0.4) is 0 Å². The van der Waals surface area contributed by atoms with Gasteiger partial charge < -0.3 is 15.2 Å². The van der Waals surface area contributed by atoms with Crippen LogP contribution in [0.5, 0.6) is 11.5 Å². The van der Waals surface area contributed by atoms with Crippen molar-refractivity contribution in [2.45, 2.75) is 31.1 Å². The van der Waals surface area contributed by atoms with Gasteiger partial charge in [0, 0.05) is 29.6 Å². The molecule has 3 amide bonds. The summed E-state index contributed by atoms with van der Waals surface area (Å²) in [6, 6.07) is 8.53. The van der Waals surface area contributed by atoms with Gasteiger partial charge in [0.05, 0.1) is 19.8 Å². The van der Waals surface area contributed by atoms with Gasteiger partial charge in [0.1, 0.15) is 11.1 Å². The number of amides is 3. The summed E-state index contributed by atoms with van der Waals surface area (Å²) in [6.45, 7) is 0. The van der Waals surface area contributed by atoms with Gasteiger partial charge in [-0.25, -0.2) is 15.1 Å². The minimum Gasteiger partial charge on any atom is -0.493 e. The molecule has 2 heterocycles. The van der Waals surface area contributed by atoms with E-state index >= 15 is 0 Å². The minimum absolute atomic E-state index is 0.0143. The number of nitrogens with two attached hydrogens (primary N) is 2. The summed E-state index contributed by atoms with van der Waals surface area (Å²) >= 11 is 1.43. The van der Waals surface area contributed by atoms with Gasteiger partial charge in [-0.15, -0.1) is 11.8 Å². The molecule has 1 aliphatic heterocycles. The average molecular weight is 484 g/mol. The first-order valence-corrected chi connectivity index (χ1v) is 12.0. The number of benzene rings is 1. The Morgan fingerprint density at radius 1 is 1.15 bits per heavy atom. The fraction of sp³-hybridized carbons (Fsp3) is 0.333. The number of thioether (sulfide) groups is 1. The Morgan fingerprint density at radius 2 is 1.91 bits per heavy atom. The SMILES string of the molecule is COc1ccc(N2C(=O)C3=C(CCCC3)C2SCC(=O)[NH2+]c2ccc(C(N)=O)cn2)cc1OC. The quantitative estimate of drug-likeness (QED) is 0.587. The molecule has 0 saturated heterocycles. The summed E-state index contributed by atoms with van der Waals surface area (Å²) in [5.74, 6) is 1.04. The van der Waals surface area contributed by atoms with Crippen LogP contribution in [0.15, 0.2) is 47.7 Å². The molecule has 1 aromatic carbocycles. The summed E-state index contributed by atoms with van der Waals surface area (Å²) in [7, 11) is 3.12. The van der Waals surface area contributed by atoms with Crippen LogP contribution in [0.25, 0.3) is 0 Å². The van der Waals surface area contributed by atoms with Crippen molar-refractivity contribution in [3.63, 3.8) is 0 Å². The number of aromatic nitrogens is 1. The zero-order valence-electron chi connectivity index (χ0n) is 19.1. The number of anilines is 1. The molecule has 0 bridgehead atoms. The van der Waals surface area contributed by atoms with Crippen molar-refractivity contribution in [1.82, 2.24) is 4.98 Å². The summed E-state index contributed by atoms with van der Waals surface area (Å²) in [5.41, 5.74) is 8.18. The van der Waals surface area contributed by atoms with Crippen molar-refractivity contribution in [1.29, 1.82) is 0 Å². The highest BCUT2D eigenvalue weighted by atomic mass is 32.2. The predicted molar refractivity (Wildman–Crippen MR) is 128 cm³/mol. The number of pyridine rings is 1. The molecule has 4 N–H and O–H groups in total. The molecule has 1 aromatic heterocycles. The lowest BCUT2D eigenvalue weighted by Crippen LogP contribution is -2.83. The molecular formula is C24H27N4O5S+. The molecular weight excluding hydrogens is 456 g/mol. The molecule has 0 saturated carbocycles. The average Bonchev–Trinajstić information content (AvgIpc) is 3.14. The number of methoxy groups -OCH3 is 2. The van der Waals surface area contributed by atoms with Crippen LogP contribution in [-0.2, 0) is 9.59 Å². The van der Waals surface area contributed by atoms with Gasteiger partial charge in [-0.2, -0.15) is 0 Å². The van der Waals surface area contributed by atoms with Crippen LogP contribution in [0.4, 0.5) is 11.5 Å². The van der Waals surface area contributed by atoms with E-state index in [1.54, 1.807) is 37.3 Å². The molecule has 178 valence electrons. The predicted octanol–water partition coefficient (Wildman–Crippen LogP) is 1.90. The van der Waals surface area contributed by atoms with E-state index in [4.69, 9.17) is 15.2 Å². The van der Waals surface area contributed by atoms with Crippen molar-refractivity contribution in [2.24, 2.45) is 5.73 Å². The highest BCUT2D eigenvalue weighted by Gasteiger charge is 2.41. The first-order chi connectivity index (χ1) is 16.4. The number of quaternary nitrogens is 1. The first-order valence-electron chi connectivity index (χ1n) is 11.0. The molecule has 0 fully saturated rings. The van der Waals surface area contributed by atoms with Gasteiger partial charge in [0.25, 0.3) is 5.91 Å². The Hall–Kier alpha value is -3.37. The first kappa shape index (κ1) is 23.8. The van der Waals surface area contributed by atoms with E-state index in [0.29, 0.717) is 23.0 Å². The third kappa shape index (κ3) is 4.78. The van der Waals surface area contributed by atoms with E-state index in [-0.39, 0.29) is 28.5 Å². The highest BCUT2D eigenvalue weighted by molar-refractivity contribution is 8.00. The topological polar surface area (TPSA) is 128 Å². The fourth-order valence-electron chi connectivity index (χ4n) is 4.26. The summed E-state index contributed by atoms with van der Waals surface area (Å²) < 4.78 is 10.8. The number of hydrogen-bond acceptors (Lipinski definition) is 7. The fourth-order valence-corrected chi connectivity index (χ4v) is 5.49. The van der Waals surface area contributed by atoms with E-state index in [0.717, 1.165) is 36.8 Å². The lowest BCUT2D eigenvalue weighted by Gasteiger charge is -2.27. The molecule has 9 nitrogen and oxygen atoms in total. The van der Waals surface area contributed by atoms with Gasteiger partial charge in [-0.05, 0) is 49.5 Å². The maximum atomic E-state index is 13.4. The maximum Gasteiger partial charge on any atom is 0.326 e. The van der Waals surface area contributed by atoms with E-state index in [2.05, 4.69) is 4.98 Å². The molecule has 10 heteroatoms. The molecule has 1 unspecified atom stereocenters. The molecule has 0 radical (unpaired) electrons. The Labute approximate surface area is 201 Å². The molecule has 0 spiro atoms. The zero-order valence-corrected chi connectivity index (χ0v) is 19.9. The van der Waals surface area contributed by atoms with Gasteiger partial charge in [-0.3, -0.25) is 14.5 Å². The number of ether oxygens (including phenoxy) is 2. The Morgan fingerprint density at radius 3 is 2.59 bits per heavy atom. The second-order valence-corrected chi connectivity index (χ2v) is 9.10. The van der Waals surface area contributed by atoms with Gasteiger partial charge in [0.15, 0.2) is 11.5 Å². The number of rotatable bonds is 8. The van der Waals surface area contributed by atoms with E-state index in [9.17, 15) is 14.4 Å². The third-order valence-electron chi connectivity index (χ3n) is 5.93. The normalized spacial score (nSPS) is 17.5. The second kappa shape index (κ2) is 10.3. The molecule has 1 atom stereocenters. The monoisotopic (exact) mass is 483 g/mol. The molecule has 1 aliphatic carbocycles. The van der Waals surface area contributed by atoms with Crippen molar-refractivity contribution in [3.8, 4) is 11.5 Å². The van der Waals surface area contributed by atoms with Crippen molar-refractivity contribution in [3.05, 3.63) is 53.2 Å². The van der Waals surface area contributed by atoms with Crippen LogP contribution < -0.4 is 25.4 Å². The largest absolute Gasteiger partial charge is 0.493 e. The maximum absolute atomic E-state index is 13.4. The minimum atomic E-state index is -0.571. The third-order valence-corrected chi connectivity index (χ3v) is 7.19. The Bertz CT molecular complexity index is 1150. The Balaban J connectivity index is 1.52. The number of carbonyl (C=O) groups excluding carboxylic acids is 3. The van der Waals surface area contributed by atoms with E-state index in [1.807, 2.05) is 6.07 Å². The lowest BCUT2D eigenvalue weighted by atomic mass is 9.94. The highest BCUT2D eigenvalue weighted by Crippen LogP contribution is 2.44. The second-order valence-electron chi connectivity index (χ2n) is 8.04. The molecule has 4 rings (SSSR count). The van der Waals surface area contributed by atoms with Crippen molar-refractivity contribution in [2.75, 3.05) is 24.9 Å². The summed E-state index contributed by atoms with van der Waals surface area (Å²) in [5, 5.41) is 1.18. The van der Waals surface area contributed by atoms with E-state index < -0.39 is 5.91 Å². The molecule has 34 heavy (non-hydrogen) atoms. The number of nitrogens with zero attached hydrogens (tertiary/aromatic N) is 2. The zero-order chi connectivity index (χ0) is 24.2. The van der Waals surface area contributed by atoms with E-state index in [1.165, 1.54) is 29.3 Å². The smallest absolute Gasteiger partial charge is 0.326 e. The van der Waals surface area contributed by atoms with Crippen molar-refractivity contribution < 1.29 is 29.2 Å². The van der Waals surface area contributed by atoms with Gasteiger partial charge in [0.2, 0.25) is 11.7 Å². The van der Waals surface area contributed by atoms with Crippen LogP contribution in [-0.4, -0.2) is 48.1 Å². The number of primary amides is 2. The Kier molecular flexibility index (Phi) is 7.18. The van der Waals surface area contributed by atoms with Gasteiger partial charge in [-0.1, -0.05) is 0 Å². The lowest BCUT2D eigenvalue weighted by molar-refractivity contribution is -0.484. The standard InChI is InChI=1S/C24H26N4O5S/c1-32-18-9-8-15(11-19(18)33-2)28-23(31)16-5-3-4-6-17(16)24(28)34-13-21(29)27-20-10-7-14(12-26-20)22(25)30/h7-12,24H,3-6,13H2,1-2H3,(H2,25,30)(H,26,27,29)/p+1. The van der Waals surface area contributed by atoms with Crippen LogP contribution in [0, 0.1) is 0 Å². The molecule has 2 aliphatic rings. The van der Waals surface area contributed by atoms with Crippen LogP contribution in [0.2, 0.25) is 0 Å². The summed E-state index contributed by atoms with van der Waals surface area (Å²) in [4.78, 5) is 43.1. The van der Waals surface area contributed by atoms with Gasteiger partial charge >= 0.3 is 5.91 Å². The van der Waals surface area contributed by atoms with Crippen LogP contribution >= 0.6 is 11.8 Å². The molecule has 2 aromatic rings. The number of carbonyl (C=O) groups is 3. The van der Waals surface area contributed by atoms with Crippen LogP contribution in [0.1, 0.15) is 36.0 Å². The summed E-state index contributed by atoms with van der Waals surface area (Å²) in [6.07, 6.45) is 4.96.